The van der Waals surface area contributed by atoms with Crippen LogP contribution in [0.4, 0.5) is 4.39 Å². The van der Waals surface area contributed by atoms with Crippen molar-refractivity contribution in [1.82, 2.24) is 10.3 Å². The third kappa shape index (κ3) is 2.85. The standard InChI is InChI=1S/C15H17FN2O3/c1-19-12-4-2-3-11(16)14(12)21-13(10-5-6-17-9-10)15-18-7-8-20-15/h2-4,7-8,10,13,17H,5-6,9H2,1H3/t10?,13-/m0/s1. The van der Waals surface area contributed by atoms with Gasteiger partial charge in [0, 0.05) is 12.5 Å². The Balaban J connectivity index is 1.91. The lowest BCUT2D eigenvalue weighted by Crippen LogP contribution is -2.22. The number of nitrogens with one attached hydrogen (secondary N) is 1. The van der Waals surface area contributed by atoms with Gasteiger partial charge in [0.1, 0.15) is 6.26 Å². The van der Waals surface area contributed by atoms with Crippen LogP contribution in [-0.2, 0) is 0 Å². The molecule has 0 spiro atoms. The van der Waals surface area contributed by atoms with Crippen LogP contribution in [0.1, 0.15) is 18.4 Å². The molecule has 2 heterocycles. The van der Waals surface area contributed by atoms with Gasteiger partial charge in [-0.25, -0.2) is 9.37 Å². The summed E-state index contributed by atoms with van der Waals surface area (Å²) in [6.45, 7) is 1.68. The van der Waals surface area contributed by atoms with Crippen molar-refractivity contribution in [2.75, 3.05) is 20.2 Å². The summed E-state index contributed by atoms with van der Waals surface area (Å²) >= 11 is 0. The molecule has 2 atom stereocenters. The predicted molar refractivity (Wildman–Crippen MR) is 73.8 cm³/mol. The molecular formula is C15H17FN2O3. The number of methoxy groups -OCH3 is 1. The molecule has 112 valence electrons. The summed E-state index contributed by atoms with van der Waals surface area (Å²) < 4.78 is 30.5. The van der Waals surface area contributed by atoms with Crippen LogP contribution in [0, 0.1) is 11.7 Å². The van der Waals surface area contributed by atoms with Crippen molar-refractivity contribution in [3.8, 4) is 11.5 Å². The van der Waals surface area contributed by atoms with Gasteiger partial charge in [-0.3, -0.25) is 0 Å². The Labute approximate surface area is 122 Å². The van der Waals surface area contributed by atoms with E-state index in [2.05, 4.69) is 10.3 Å². The summed E-state index contributed by atoms with van der Waals surface area (Å²) in [6.07, 6.45) is 3.53. The van der Waals surface area contributed by atoms with E-state index in [9.17, 15) is 4.39 Å². The molecule has 2 aromatic rings. The molecule has 0 bridgehead atoms. The molecule has 0 radical (unpaired) electrons. The number of hydrogen-bond donors (Lipinski definition) is 1. The summed E-state index contributed by atoms with van der Waals surface area (Å²) in [5, 5.41) is 3.27. The van der Waals surface area contributed by atoms with E-state index in [0.717, 1.165) is 19.5 Å². The molecule has 1 unspecified atom stereocenters. The van der Waals surface area contributed by atoms with Crippen molar-refractivity contribution in [2.45, 2.75) is 12.5 Å². The summed E-state index contributed by atoms with van der Waals surface area (Å²) in [5.41, 5.74) is 0. The lowest BCUT2D eigenvalue weighted by Gasteiger charge is -2.22. The van der Waals surface area contributed by atoms with Crippen LogP contribution in [-0.4, -0.2) is 25.2 Å². The Morgan fingerprint density at radius 2 is 2.38 bits per heavy atom. The van der Waals surface area contributed by atoms with Gasteiger partial charge in [0.2, 0.25) is 5.89 Å². The van der Waals surface area contributed by atoms with Crippen LogP contribution in [0.5, 0.6) is 11.5 Å². The van der Waals surface area contributed by atoms with Gasteiger partial charge in [-0.15, -0.1) is 0 Å². The molecule has 0 amide bonds. The molecule has 3 rings (SSSR count). The van der Waals surface area contributed by atoms with Crippen LogP contribution < -0.4 is 14.8 Å². The second-order valence-electron chi connectivity index (χ2n) is 4.93. The third-order valence-electron chi connectivity index (χ3n) is 3.62. The minimum Gasteiger partial charge on any atom is -0.493 e. The topological polar surface area (TPSA) is 56.5 Å². The van der Waals surface area contributed by atoms with Crippen LogP contribution in [0.25, 0.3) is 0 Å². The molecule has 1 N–H and O–H groups in total. The van der Waals surface area contributed by atoms with E-state index in [-0.39, 0.29) is 11.7 Å². The van der Waals surface area contributed by atoms with Crippen molar-refractivity contribution in [3.63, 3.8) is 0 Å². The zero-order valence-corrected chi connectivity index (χ0v) is 11.7. The average molecular weight is 292 g/mol. The lowest BCUT2D eigenvalue weighted by molar-refractivity contribution is 0.105. The second-order valence-corrected chi connectivity index (χ2v) is 4.93. The summed E-state index contributed by atoms with van der Waals surface area (Å²) in [5.74, 6) is 0.617. The lowest BCUT2D eigenvalue weighted by atomic mass is 10.0. The molecule has 1 fully saturated rings. The van der Waals surface area contributed by atoms with Crippen molar-refractivity contribution >= 4 is 0 Å². The van der Waals surface area contributed by atoms with Gasteiger partial charge in [-0.2, -0.15) is 0 Å². The predicted octanol–water partition coefficient (Wildman–Crippen LogP) is 2.55. The molecule has 21 heavy (non-hydrogen) atoms. The molecule has 6 heteroatoms. The maximum Gasteiger partial charge on any atom is 0.235 e. The highest BCUT2D eigenvalue weighted by Crippen LogP contribution is 2.37. The number of ether oxygens (including phenoxy) is 2. The van der Waals surface area contributed by atoms with Crippen LogP contribution in [0.3, 0.4) is 0 Å². The molecule has 0 saturated carbocycles. The van der Waals surface area contributed by atoms with Crippen molar-refractivity contribution in [1.29, 1.82) is 0 Å². The monoisotopic (exact) mass is 292 g/mol. The quantitative estimate of drug-likeness (QED) is 0.918. The van der Waals surface area contributed by atoms with E-state index < -0.39 is 11.9 Å². The number of aromatic nitrogens is 1. The van der Waals surface area contributed by atoms with Gasteiger partial charge < -0.3 is 19.2 Å². The zero-order chi connectivity index (χ0) is 14.7. The van der Waals surface area contributed by atoms with Gasteiger partial charge in [0.15, 0.2) is 23.4 Å². The molecule has 1 aliphatic heterocycles. The molecule has 5 nitrogen and oxygen atoms in total. The van der Waals surface area contributed by atoms with E-state index in [1.807, 2.05) is 0 Å². The summed E-state index contributed by atoms with van der Waals surface area (Å²) in [7, 11) is 1.49. The van der Waals surface area contributed by atoms with Gasteiger partial charge in [0.25, 0.3) is 0 Å². The number of benzene rings is 1. The normalized spacial score (nSPS) is 19.4. The fourth-order valence-electron chi connectivity index (χ4n) is 2.55. The third-order valence-corrected chi connectivity index (χ3v) is 3.62. The van der Waals surface area contributed by atoms with E-state index in [0.29, 0.717) is 11.6 Å². The highest BCUT2D eigenvalue weighted by Gasteiger charge is 2.32. The Morgan fingerprint density at radius 1 is 1.48 bits per heavy atom. The Kier molecular flexibility index (Phi) is 4.06. The first-order valence-corrected chi connectivity index (χ1v) is 6.89. The first-order valence-electron chi connectivity index (χ1n) is 6.89. The number of nitrogens with zero attached hydrogens (tertiary/aromatic N) is 1. The Morgan fingerprint density at radius 3 is 3.05 bits per heavy atom. The molecule has 1 aromatic carbocycles. The largest absolute Gasteiger partial charge is 0.493 e. The average Bonchev–Trinajstić information content (AvgIpc) is 3.19. The van der Waals surface area contributed by atoms with Gasteiger partial charge in [0.05, 0.1) is 13.3 Å². The first kappa shape index (κ1) is 13.9. The summed E-state index contributed by atoms with van der Waals surface area (Å²) in [6, 6.07) is 4.59. The van der Waals surface area contributed by atoms with Crippen LogP contribution in [0.15, 0.2) is 35.1 Å². The van der Waals surface area contributed by atoms with E-state index >= 15 is 0 Å². The Bertz CT molecular complexity index is 583. The fraction of sp³-hybridized carbons (Fsp3) is 0.400. The summed E-state index contributed by atoms with van der Waals surface area (Å²) in [4.78, 5) is 4.16. The maximum atomic E-state index is 14.1. The van der Waals surface area contributed by atoms with E-state index in [1.165, 1.54) is 19.4 Å². The minimum atomic E-state index is -0.461. The molecule has 1 saturated heterocycles. The van der Waals surface area contributed by atoms with E-state index in [4.69, 9.17) is 13.9 Å². The SMILES string of the molecule is COc1cccc(F)c1O[C@H](c1ncco1)C1CCNC1. The van der Waals surface area contributed by atoms with Crippen LogP contribution in [0.2, 0.25) is 0 Å². The first-order chi connectivity index (χ1) is 10.3. The Hall–Kier alpha value is -2.08. The van der Waals surface area contributed by atoms with Crippen molar-refractivity contribution in [2.24, 2.45) is 5.92 Å². The highest BCUT2D eigenvalue weighted by atomic mass is 19.1. The smallest absolute Gasteiger partial charge is 0.235 e. The molecule has 1 aromatic heterocycles. The second kappa shape index (κ2) is 6.13. The number of rotatable bonds is 5. The number of oxazole rings is 1. The molecule has 0 aliphatic carbocycles. The van der Waals surface area contributed by atoms with E-state index in [1.54, 1.807) is 18.3 Å². The molecular weight excluding hydrogens is 275 g/mol. The molecule has 1 aliphatic rings. The van der Waals surface area contributed by atoms with Gasteiger partial charge in [-0.1, -0.05) is 6.07 Å². The maximum absolute atomic E-state index is 14.1. The number of halogens is 1. The minimum absolute atomic E-state index is 0.0927. The van der Waals surface area contributed by atoms with Crippen molar-refractivity contribution < 1.29 is 18.3 Å². The van der Waals surface area contributed by atoms with Crippen LogP contribution >= 0.6 is 0 Å². The highest BCUT2D eigenvalue weighted by molar-refractivity contribution is 5.41. The van der Waals surface area contributed by atoms with Gasteiger partial charge in [-0.05, 0) is 25.1 Å². The van der Waals surface area contributed by atoms with Gasteiger partial charge >= 0.3 is 0 Å². The number of para-hydroxylation sites is 1. The number of hydrogen-bond acceptors (Lipinski definition) is 5. The van der Waals surface area contributed by atoms with Crippen molar-refractivity contribution in [3.05, 3.63) is 42.4 Å². The zero-order valence-electron chi connectivity index (χ0n) is 11.7. The fourth-order valence-corrected chi connectivity index (χ4v) is 2.55.